The van der Waals surface area contributed by atoms with Gasteiger partial charge in [-0.2, -0.15) is 5.10 Å². The number of carbonyl (C=O) groups is 1. The number of anilines is 1. The summed E-state index contributed by atoms with van der Waals surface area (Å²) in [5.41, 5.74) is 1.59. The molecule has 3 aromatic heterocycles. The molecule has 0 saturated carbocycles. The summed E-state index contributed by atoms with van der Waals surface area (Å²) in [6.45, 7) is 4.32. The van der Waals surface area contributed by atoms with Gasteiger partial charge in [0.05, 0.1) is 59.2 Å². The van der Waals surface area contributed by atoms with E-state index in [0.717, 1.165) is 0 Å². The Labute approximate surface area is 177 Å². The molecule has 10 heteroatoms. The third-order valence-electron chi connectivity index (χ3n) is 4.75. The number of alkyl halides is 1. The predicted octanol–water partition coefficient (Wildman–Crippen LogP) is 3.12. The zero-order valence-electron chi connectivity index (χ0n) is 16.7. The van der Waals surface area contributed by atoms with Crippen LogP contribution in [-0.2, 0) is 4.74 Å². The van der Waals surface area contributed by atoms with Crippen LogP contribution in [0.5, 0.6) is 0 Å². The van der Waals surface area contributed by atoms with E-state index in [9.17, 15) is 9.18 Å². The van der Waals surface area contributed by atoms with Gasteiger partial charge in [0, 0.05) is 18.9 Å². The number of fused-ring (bicyclic) bond motifs is 1. The number of hydrogen-bond acceptors (Lipinski definition) is 6. The van der Waals surface area contributed by atoms with Gasteiger partial charge in [0.1, 0.15) is 5.67 Å². The topological polar surface area (TPSA) is 93.4 Å². The Balaban J connectivity index is 1.63. The molecular formula is C20H22ClFN6O2. The van der Waals surface area contributed by atoms with Crippen LogP contribution in [0.1, 0.15) is 30.6 Å². The highest BCUT2D eigenvalue weighted by Gasteiger charge is 2.23. The SMILES string of the molecule is CC(C)(F)CCNC(=O)c1cnc(-c2cnn3cc(Cl)cnc23)cc1NC1COC1. The summed E-state index contributed by atoms with van der Waals surface area (Å²) in [7, 11) is 0. The maximum absolute atomic E-state index is 13.7. The standard InChI is InChI=1S/C20H22ClFN6O2/c1-20(2,22)3-4-23-19(29)15-7-24-16(5-17(15)27-13-10-30-11-13)14-8-26-28-9-12(21)6-25-18(14)28/h5-9,13H,3-4,10-11H2,1-2H3,(H,23,29)(H,24,27). The van der Waals surface area contributed by atoms with Crippen molar-refractivity contribution in [2.75, 3.05) is 25.1 Å². The van der Waals surface area contributed by atoms with Crippen LogP contribution >= 0.6 is 11.6 Å². The molecule has 1 saturated heterocycles. The first-order chi connectivity index (χ1) is 14.3. The zero-order valence-corrected chi connectivity index (χ0v) is 17.4. The molecule has 1 fully saturated rings. The third kappa shape index (κ3) is 4.52. The molecule has 1 amide bonds. The highest BCUT2D eigenvalue weighted by Crippen LogP contribution is 2.27. The van der Waals surface area contributed by atoms with Gasteiger partial charge in [-0.05, 0) is 26.3 Å². The highest BCUT2D eigenvalue weighted by molar-refractivity contribution is 6.30. The molecule has 158 valence electrons. The van der Waals surface area contributed by atoms with Crippen LogP contribution in [0.15, 0.2) is 30.9 Å². The number of amides is 1. The zero-order chi connectivity index (χ0) is 21.3. The minimum absolute atomic E-state index is 0.109. The van der Waals surface area contributed by atoms with Crippen molar-refractivity contribution in [3.63, 3.8) is 0 Å². The molecule has 3 aromatic rings. The smallest absolute Gasteiger partial charge is 0.254 e. The van der Waals surface area contributed by atoms with Crippen LogP contribution in [0.2, 0.25) is 5.02 Å². The van der Waals surface area contributed by atoms with Gasteiger partial charge in [0.2, 0.25) is 0 Å². The molecule has 0 atom stereocenters. The lowest BCUT2D eigenvalue weighted by atomic mass is 10.1. The number of nitrogens with zero attached hydrogens (tertiary/aromatic N) is 4. The summed E-state index contributed by atoms with van der Waals surface area (Å²) in [4.78, 5) is 21.5. The molecule has 30 heavy (non-hydrogen) atoms. The second-order valence-corrected chi connectivity index (χ2v) is 8.25. The lowest BCUT2D eigenvalue weighted by molar-refractivity contribution is 0.0210. The molecule has 0 aliphatic carbocycles. The summed E-state index contributed by atoms with van der Waals surface area (Å²) in [6, 6.07) is 1.90. The predicted molar refractivity (Wildman–Crippen MR) is 112 cm³/mol. The second-order valence-electron chi connectivity index (χ2n) is 7.82. The normalized spacial score (nSPS) is 14.5. The first kappa shape index (κ1) is 20.5. The van der Waals surface area contributed by atoms with Gasteiger partial charge < -0.3 is 15.4 Å². The monoisotopic (exact) mass is 432 g/mol. The van der Waals surface area contributed by atoms with E-state index in [1.165, 1.54) is 20.0 Å². The highest BCUT2D eigenvalue weighted by atomic mass is 35.5. The summed E-state index contributed by atoms with van der Waals surface area (Å²) >= 11 is 5.98. The molecular weight excluding hydrogens is 411 g/mol. The van der Waals surface area contributed by atoms with Crippen LogP contribution < -0.4 is 10.6 Å². The number of ether oxygens (including phenoxy) is 1. The van der Waals surface area contributed by atoms with Crippen molar-refractivity contribution in [1.82, 2.24) is 24.9 Å². The fraction of sp³-hybridized carbons (Fsp3) is 0.400. The molecule has 4 heterocycles. The Morgan fingerprint density at radius 1 is 1.33 bits per heavy atom. The van der Waals surface area contributed by atoms with Crippen LogP contribution in [0.4, 0.5) is 10.1 Å². The van der Waals surface area contributed by atoms with Gasteiger partial charge in [-0.3, -0.25) is 9.78 Å². The Bertz CT molecular complexity index is 1080. The van der Waals surface area contributed by atoms with Gasteiger partial charge in [-0.25, -0.2) is 13.9 Å². The van der Waals surface area contributed by atoms with Crippen molar-refractivity contribution >= 4 is 28.8 Å². The number of carbonyl (C=O) groups excluding carboxylic acids is 1. The van der Waals surface area contributed by atoms with Crippen molar-refractivity contribution in [3.05, 3.63) is 41.4 Å². The minimum atomic E-state index is -1.35. The van der Waals surface area contributed by atoms with E-state index < -0.39 is 5.67 Å². The fourth-order valence-electron chi connectivity index (χ4n) is 3.04. The molecule has 8 nitrogen and oxygen atoms in total. The van der Waals surface area contributed by atoms with E-state index in [2.05, 4.69) is 25.7 Å². The molecule has 4 rings (SSSR count). The summed E-state index contributed by atoms with van der Waals surface area (Å²) < 4.78 is 20.5. The van der Waals surface area contributed by atoms with E-state index >= 15 is 0 Å². The average molecular weight is 433 g/mol. The van der Waals surface area contributed by atoms with Gasteiger partial charge in [0.15, 0.2) is 5.65 Å². The van der Waals surface area contributed by atoms with Gasteiger partial charge in [-0.1, -0.05) is 11.6 Å². The first-order valence-electron chi connectivity index (χ1n) is 9.61. The van der Waals surface area contributed by atoms with Crippen molar-refractivity contribution in [2.24, 2.45) is 0 Å². The second kappa shape index (κ2) is 8.16. The summed E-state index contributed by atoms with van der Waals surface area (Å²) in [6.07, 6.45) is 6.58. The maximum atomic E-state index is 13.7. The van der Waals surface area contributed by atoms with E-state index in [-0.39, 0.29) is 24.9 Å². The van der Waals surface area contributed by atoms with Gasteiger partial charge in [-0.15, -0.1) is 0 Å². The maximum Gasteiger partial charge on any atom is 0.254 e. The number of nitrogens with one attached hydrogen (secondary N) is 2. The minimum Gasteiger partial charge on any atom is -0.377 e. The van der Waals surface area contributed by atoms with Gasteiger partial charge in [0.25, 0.3) is 5.91 Å². The number of rotatable bonds is 7. The summed E-state index contributed by atoms with van der Waals surface area (Å²) in [5.74, 6) is -0.314. The first-order valence-corrected chi connectivity index (χ1v) is 9.99. The molecule has 0 spiro atoms. The molecule has 1 aliphatic heterocycles. The van der Waals surface area contributed by atoms with Crippen LogP contribution in [0, 0.1) is 0 Å². The van der Waals surface area contributed by atoms with E-state index in [1.807, 2.05) is 0 Å². The fourth-order valence-corrected chi connectivity index (χ4v) is 3.18. The summed E-state index contributed by atoms with van der Waals surface area (Å²) in [5, 5.41) is 10.8. The average Bonchev–Trinajstić information content (AvgIpc) is 3.06. The van der Waals surface area contributed by atoms with Crippen LogP contribution in [0.25, 0.3) is 16.9 Å². The van der Waals surface area contributed by atoms with E-state index in [0.29, 0.717) is 46.4 Å². The Kier molecular flexibility index (Phi) is 5.57. The molecule has 2 N–H and O–H groups in total. The van der Waals surface area contributed by atoms with Crippen molar-refractivity contribution < 1.29 is 13.9 Å². The van der Waals surface area contributed by atoms with Crippen LogP contribution in [0.3, 0.4) is 0 Å². The lowest BCUT2D eigenvalue weighted by Crippen LogP contribution is -2.41. The molecule has 0 aromatic carbocycles. The third-order valence-corrected chi connectivity index (χ3v) is 4.95. The number of halogens is 2. The quantitative estimate of drug-likeness (QED) is 0.595. The number of aromatic nitrogens is 4. The lowest BCUT2D eigenvalue weighted by Gasteiger charge is -2.28. The Morgan fingerprint density at radius 2 is 2.13 bits per heavy atom. The van der Waals surface area contributed by atoms with Crippen LogP contribution in [-0.4, -0.2) is 57.0 Å². The van der Waals surface area contributed by atoms with Crippen molar-refractivity contribution in [2.45, 2.75) is 32.0 Å². The Hall–Kier alpha value is -2.78. The van der Waals surface area contributed by atoms with E-state index in [4.69, 9.17) is 16.3 Å². The Morgan fingerprint density at radius 3 is 2.83 bits per heavy atom. The van der Waals surface area contributed by atoms with Crippen molar-refractivity contribution in [1.29, 1.82) is 0 Å². The van der Waals surface area contributed by atoms with Crippen molar-refractivity contribution in [3.8, 4) is 11.3 Å². The number of pyridine rings is 1. The molecule has 0 radical (unpaired) electrons. The van der Waals surface area contributed by atoms with Gasteiger partial charge >= 0.3 is 0 Å². The molecule has 0 bridgehead atoms. The van der Waals surface area contributed by atoms with E-state index in [1.54, 1.807) is 29.2 Å². The molecule has 0 unspecified atom stereocenters. The largest absolute Gasteiger partial charge is 0.377 e. The number of hydrogen-bond donors (Lipinski definition) is 2. The molecule has 1 aliphatic rings.